The van der Waals surface area contributed by atoms with Crippen molar-refractivity contribution in [2.24, 2.45) is 11.1 Å². The molecule has 0 spiro atoms. The molecule has 0 bridgehead atoms. The molecule has 0 aliphatic heterocycles. The Balaban J connectivity index is 2.08. The van der Waals surface area contributed by atoms with E-state index >= 15 is 0 Å². The molecular weight excluding hydrogens is 226 g/mol. The van der Waals surface area contributed by atoms with Gasteiger partial charge in [-0.25, -0.2) is 0 Å². The van der Waals surface area contributed by atoms with E-state index < -0.39 is 0 Å². The maximum absolute atomic E-state index is 7.45. The van der Waals surface area contributed by atoms with Crippen molar-refractivity contribution in [1.82, 2.24) is 0 Å². The Labute approximate surface area is 108 Å². The number of ether oxygens (including phenoxy) is 1. The first-order chi connectivity index (χ1) is 8.56. The van der Waals surface area contributed by atoms with E-state index in [9.17, 15) is 0 Å². The van der Waals surface area contributed by atoms with Gasteiger partial charge in [-0.05, 0) is 30.4 Å². The topological polar surface area (TPSA) is 62.3 Å². The second-order valence-corrected chi connectivity index (χ2v) is 5.23. The smallest absolute Gasteiger partial charge is 0.142 e. The molecule has 1 aliphatic carbocycles. The fraction of sp³-hybridized carbons (Fsp3) is 0.500. The molecule has 0 atom stereocenters. The van der Waals surface area contributed by atoms with E-state index in [1.165, 1.54) is 0 Å². The van der Waals surface area contributed by atoms with Crippen LogP contribution >= 0.6 is 0 Å². The molecule has 1 aromatic carbocycles. The Kier molecular flexibility index (Phi) is 3.45. The zero-order valence-corrected chi connectivity index (χ0v) is 11.1. The van der Waals surface area contributed by atoms with Crippen molar-refractivity contribution in [3.05, 3.63) is 24.3 Å². The summed E-state index contributed by atoms with van der Waals surface area (Å²) in [6, 6.07) is 8.01. The van der Waals surface area contributed by atoms with E-state index in [4.69, 9.17) is 15.9 Å². The number of methoxy groups -OCH3 is 1. The minimum atomic E-state index is 0.210. The van der Waals surface area contributed by atoms with Crippen molar-refractivity contribution < 1.29 is 4.74 Å². The number of nitrogens with two attached hydrogens (primary N) is 1. The van der Waals surface area contributed by atoms with Gasteiger partial charge in [0.05, 0.1) is 18.6 Å². The molecule has 0 aromatic heterocycles. The molecule has 3 N–H and O–H groups in total. The van der Waals surface area contributed by atoms with Crippen LogP contribution in [0.15, 0.2) is 24.3 Å². The molecule has 0 heterocycles. The highest BCUT2D eigenvalue weighted by Crippen LogP contribution is 2.49. The molecule has 0 saturated heterocycles. The van der Waals surface area contributed by atoms with E-state index in [0.717, 1.165) is 30.8 Å². The van der Waals surface area contributed by atoms with E-state index in [1.54, 1.807) is 7.11 Å². The number of benzene rings is 1. The minimum Gasteiger partial charge on any atom is -0.495 e. The van der Waals surface area contributed by atoms with Gasteiger partial charge in [-0.3, -0.25) is 5.41 Å². The Morgan fingerprint density at radius 1 is 1.44 bits per heavy atom. The predicted molar refractivity (Wildman–Crippen MR) is 74.5 cm³/mol. The normalized spacial score (nSPS) is 16.1. The zero-order chi connectivity index (χ0) is 13.2. The molecule has 98 valence electrons. The summed E-state index contributed by atoms with van der Waals surface area (Å²) in [7, 11) is 3.76. The van der Waals surface area contributed by atoms with Crippen LogP contribution in [0.25, 0.3) is 0 Å². The summed E-state index contributed by atoms with van der Waals surface area (Å²) in [4.78, 5) is 2.20. The van der Waals surface area contributed by atoms with Gasteiger partial charge in [-0.15, -0.1) is 0 Å². The third-order valence-corrected chi connectivity index (χ3v) is 3.59. The molecule has 1 fully saturated rings. The molecule has 4 heteroatoms. The second-order valence-electron chi connectivity index (χ2n) is 5.23. The maximum Gasteiger partial charge on any atom is 0.142 e. The second kappa shape index (κ2) is 4.88. The molecule has 2 rings (SSSR count). The van der Waals surface area contributed by atoms with Gasteiger partial charge in [0, 0.05) is 20.0 Å². The first kappa shape index (κ1) is 12.7. The van der Waals surface area contributed by atoms with Crippen molar-refractivity contribution >= 4 is 11.5 Å². The summed E-state index contributed by atoms with van der Waals surface area (Å²) >= 11 is 0. The number of nitrogens with one attached hydrogen (secondary N) is 1. The van der Waals surface area contributed by atoms with Crippen molar-refractivity contribution in [1.29, 1.82) is 5.41 Å². The average Bonchev–Trinajstić information content (AvgIpc) is 3.07. The lowest BCUT2D eigenvalue weighted by molar-refractivity contribution is 0.413. The largest absolute Gasteiger partial charge is 0.495 e. The summed E-state index contributed by atoms with van der Waals surface area (Å²) in [5, 5.41) is 7.45. The number of hydrogen-bond donors (Lipinski definition) is 2. The van der Waals surface area contributed by atoms with Crippen molar-refractivity contribution in [2.45, 2.75) is 19.3 Å². The van der Waals surface area contributed by atoms with Crippen molar-refractivity contribution in [3.63, 3.8) is 0 Å². The van der Waals surface area contributed by atoms with Gasteiger partial charge in [-0.2, -0.15) is 0 Å². The van der Waals surface area contributed by atoms with Crippen LogP contribution in [0.3, 0.4) is 0 Å². The average molecular weight is 247 g/mol. The molecule has 1 aromatic rings. The lowest BCUT2D eigenvalue weighted by Gasteiger charge is -2.26. The van der Waals surface area contributed by atoms with Gasteiger partial charge < -0.3 is 15.4 Å². The van der Waals surface area contributed by atoms with Crippen LogP contribution in [-0.4, -0.2) is 26.5 Å². The van der Waals surface area contributed by atoms with Crippen molar-refractivity contribution in [2.75, 3.05) is 25.6 Å². The van der Waals surface area contributed by atoms with E-state index in [1.807, 2.05) is 18.2 Å². The molecule has 0 unspecified atom stereocenters. The Morgan fingerprint density at radius 3 is 2.67 bits per heavy atom. The molecule has 4 nitrogen and oxygen atoms in total. The van der Waals surface area contributed by atoms with E-state index in [-0.39, 0.29) is 5.41 Å². The molecule has 0 radical (unpaired) electrons. The predicted octanol–water partition coefficient (Wildman–Crippen LogP) is 2.24. The van der Waals surface area contributed by atoms with Crippen LogP contribution in [-0.2, 0) is 0 Å². The monoisotopic (exact) mass is 247 g/mol. The van der Waals surface area contributed by atoms with Gasteiger partial charge in [0.2, 0.25) is 0 Å². The summed E-state index contributed by atoms with van der Waals surface area (Å²) < 4.78 is 5.37. The summed E-state index contributed by atoms with van der Waals surface area (Å²) in [6.07, 6.45) is 3.02. The molecular formula is C14H21N3O. The van der Waals surface area contributed by atoms with Crippen molar-refractivity contribution in [3.8, 4) is 5.75 Å². The first-order valence-electron chi connectivity index (χ1n) is 6.23. The maximum atomic E-state index is 7.45. The Hall–Kier alpha value is -1.71. The number of amidine groups is 1. The van der Waals surface area contributed by atoms with E-state index in [2.05, 4.69) is 18.0 Å². The van der Waals surface area contributed by atoms with Crippen LogP contribution in [0.2, 0.25) is 0 Å². The third kappa shape index (κ3) is 2.75. The lowest BCUT2D eigenvalue weighted by atomic mass is 10.0. The Bertz CT molecular complexity index is 440. The number of para-hydroxylation sites is 2. The van der Waals surface area contributed by atoms with Gasteiger partial charge in [0.15, 0.2) is 0 Å². The number of rotatable bonds is 6. The van der Waals surface area contributed by atoms with Gasteiger partial charge in [0.1, 0.15) is 5.75 Å². The summed E-state index contributed by atoms with van der Waals surface area (Å²) in [5.74, 6) is 1.18. The highest BCUT2D eigenvalue weighted by molar-refractivity contribution is 5.78. The van der Waals surface area contributed by atoms with Crippen LogP contribution in [0.5, 0.6) is 5.75 Å². The fourth-order valence-corrected chi connectivity index (χ4v) is 2.50. The SMILES string of the molecule is COc1ccccc1N(C)CC1(CC(=N)N)CC1. The van der Waals surface area contributed by atoms with Gasteiger partial charge >= 0.3 is 0 Å². The minimum absolute atomic E-state index is 0.210. The van der Waals surface area contributed by atoms with Crippen LogP contribution in [0.4, 0.5) is 5.69 Å². The summed E-state index contributed by atoms with van der Waals surface area (Å²) in [5.41, 5.74) is 6.83. The number of nitrogens with zero attached hydrogens (tertiary/aromatic N) is 1. The van der Waals surface area contributed by atoms with Crippen LogP contribution in [0.1, 0.15) is 19.3 Å². The van der Waals surface area contributed by atoms with E-state index in [0.29, 0.717) is 12.3 Å². The number of hydrogen-bond acceptors (Lipinski definition) is 3. The molecule has 1 aliphatic rings. The molecule has 0 amide bonds. The third-order valence-electron chi connectivity index (χ3n) is 3.59. The highest BCUT2D eigenvalue weighted by atomic mass is 16.5. The van der Waals surface area contributed by atoms with Crippen LogP contribution < -0.4 is 15.4 Å². The standard InChI is InChI=1S/C14H21N3O/c1-17(10-14(7-8-14)9-13(15)16)11-5-3-4-6-12(11)18-2/h3-6H,7-10H2,1-2H3,(H3,15,16). The van der Waals surface area contributed by atoms with Gasteiger partial charge in [0.25, 0.3) is 0 Å². The molecule has 1 saturated carbocycles. The quantitative estimate of drug-likeness (QED) is 0.598. The number of anilines is 1. The lowest BCUT2D eigenvalue weighted by Crippen LogP contribution is -2.30. The van der Waals surface area contributed by atoms with Gasteiger partial charge in [-0.1, -0.05) is 12.1 Å². The Morgan fingerprint density at radius 2 is 2.11 bits per heavy atom. The zero-order valence-electron chi connectivity index (χ0n) is 11.1. The fourth-order valence-electron chi connectivity index (χ4n) is 2.50. The molecule has 18 heavy (non-hydrogen) atoms. The van der Waals surface area contributed by atoms with Crippen LogP contribution in [0, 0.1) is 10.8 Å². The highest BCUT2D eigenvalue weighted by Gasteiger charge is 2.44. The summed E-state index contributed by atoms with van der Waals surface area (Å²) in [6.45, 7) is 0.924. The first-order valence-corrected chi connectivity index (χ1v) is 6.23.